The van der Waals surface area contributed by atoms with Crippen molar-refractivity contribution in [2.45, 2.75) is 6.92 Å². The molecule has 4 rings (SSSR count). The van der Waals surface area contributed by atoms with Crippen LogP contribution < -0.4 is 9.47 Å². The van der Waals surface area contributed by atoms with E-state index in [9.17, 15) is 4.79 Å². The number of rotatable bonds is 6. The molecule has 2 aliphatic heterocycles. The number of hydrogen-bond acceptors (Lipinski definition) is 6. The van der Waals surface area contributed by atoms with Gasteiger partial charge in [0, 0.05) is 0 Å². The van der Waals surface area contributed by atoms with Gasteiger partial charge in [-0.1, -0.05) is 18.2 Å². The van der Waals surface area contributed by atoms with Gasteiger partial charge in [0.1, 0.15) is 24.7 Å². The number of amides is 1. The summed E-state index contributed by atoms with van der Waals surface area (Å²) in [6.45, 7) is 2.82. The molecular formula is C21H17BrN4O3S. The fraction of sp³-hybridized carbons (Fsp3) is 0.143. The van der Waals surface area contributed by atoms with Crippen molar-refractivity contribution in [1.82, 2.24) is 5.01 Å². The van der Waals surface area contributed by atoms with Crippen molar-refractivity contribution in [2.75, 3.05) is 13.2 Å². The number of carbonyl (C=O) groups is 1. The number of nitrogens with zero attached hydrogens (tertiary/aromatic N) is 3. The van der Waals surface area contributed by atoms with Gasteiger partial charge in [-0.3, -0.25) is 10.2 Å². The van der Waals surface area contributed by atoms with Gasteiger partial charge in [-0.15, -0.1) is 0 Å². The summed E-state index contributed by atoms with van der Waals surface area (Å²) in [6, 6.07) is 13.3. The Bertz CT molecular complexity index is 1110. The van der Waals surface area contributed by atoms with Crippen molar-refractivity contribution >= 4 is 56.2 Å². The Morgan fingerprint density at radius 1 is 1.20 bits per heavy atom. The van der Waals surface area contributed by atoms with Crippen LogP contribution in [0.4, 0.5) is 0 Å². The molecule has 0 aliphatic carbocycles. The zero-order chi connectivity index (χ0) is 21.1. The molecule has 30 heavy (non-hydrogen) atoms. The number of ether oxygens (including phenoxy) is 2. The molecule has 2 aliphatic rings. The monoisotopic (exact) mass is 484 g/mol. The predicted molar refractivity (Wildman–Crippen MR) is 122 cm³/mol. The number of nitrogens with one attached hydrogen (secondary N) is 1. The van der Waals surface area contributed by atoms with Crippen LogP contribution in [0.3, 0.4) is 0 Å². The van der Waals surface area contributed by atoms with Crippen LogP contribution in [0.1, 0.15) is 11.1 Å². The average Bonchev–Trinajstić information content (AvgIpc) is 3.18. The van der Waals surface area contributed by atoms with Crippen LogP contribution in [0.15, 0.2) is 62.6 Å². The number of carbonyl (C=O) groups excluding carboxylic acids is 1. The van der Waals surface area contributed by atoms with E-state index in [0.717, 1.165) is 21.3 Å². The van der Waals surface area contributed by atoms with E-state index in [1.54, 1.807) is 17.7 Å². The zero-order valence-electron chi connectivity index (χ0n) is 16.0. The number of aliphatic imine (C=N–C) groups is 1. The van der Waals surface area contributed by atoms with Gasteiger partial charge in [0.2, 0.25) is 0 Å². The summed E-state index contributed by atoms with van der Waals surface area (Å²) >= 11 is 4.71. The number of halogens is 1. The molecule has 9 heteroatoms. The molecule has 0 fully saturated rings. The number of aryl methyl sites for hydroxylation is 1. The molecule has 1 N–H and O–H groups in total. The van der Waals surface area contributed by atoms with E-state index in [1.165, 1.54) is 16.8 Å². The summed E-state index contributed by atoms with van der Waals surface area (Å²) in [5.74, 6) is 1.03. The van der Waals surface area contributed by atoms with E-state index < -0.39 is 5.91 Å². The molecule has 0 radical (unpaired) electrons. The maximum Gasteiger partial charge on any atom is 0.283 e. The molecule has 0 atom stereocenters. The number of thioether (sulfide) groups is 1. The quantitative estimate of drug-likeness (QED) is 0.482. The molecule has 2 aromatic rings. The Labute approximate surface area is 186 Å². The van der Waals surface area contributed by atoms with Gasteiger partial charge < -0.3 is 9.47 Å². The summed E-state index contributed by atoms with van der Waals surface area (Å²) in [5.41, 5.74) is 3.62. The number of fused-ring (bicyclic) bond motifs is 1. The molecular weight excluding hydrogens is 468 g/mol. The van der Waals surface area contributed by atoms with Crippen LogP contribution in [-0.4, -0.2) is 40.7 Å². The Morgan fingerprint density at radius 3 is 2.83 bits per heavy atom. The Hall–Kier alpha value is -2.91. The smallest absolute Gasteiger partial charge is 0.283 e. The highest BCUT2D eigenvalue weighted by Crippen LogP contribution is 2.29. The number of hydrogen-bond donors (Lipinski definition) is 1. The minimum atomic E-state index is -0.450. The Morgan fingerprint density at radius 2 is 2.03 bits per heavy atom. The van der Waals surface area contributed by atoms with Crippen molar-refractivity contribution in [3.8, 4) is 11.5 Å². The molecule has 0 saturated carbocycles. The third kappa shape index (κ3) is 4.47. The fourth-order valence-corrected chi connectivity index (χ4v) is 3.96. The number of amidine groups is 2. The highest BCUT2D eigenvalue weighted by Gasteiger charge is 2.32. The van der Waals surface area contributed by atoms with Crippen molar-refractivity contribution in [3.05, 3.63) is 63.6 Å². The van der Waals surface area contributed by atoms with Gasteiger partial charge in [-0.25, -0.2) is 0 Å². The van der Waals surface area contributed by atoms with E-state index in [4.69, 9.17) is 14.9 Å². The molecule has 7 nitrogen and oxygen atoms in total. The second-order valence-electron chi connectivity index (χ2n) is 6.46. The van der Waals surface area contributed by atoms with Gasteiger partial charge in [-0.2, -0.15) is 15.1 Å². The van der Waals surface area contributed by atoms with Gasteiger partial charge in [-0.05, 0) is 76.1 Å². The number of hydrazone groups is 1. The van der Waals surface area contributed by atoms with Crippen molar-refractivity contribution in [3.63, 3.8) is 0 Å². The van der Waals surface area contributed by atoms with Crippen LogP contribution in [0.25, 0.3) is 6.08 Å². The second kappa shape index (κ2) is 8.85. The minimum absolute atomic E-state index is 0.0102. The first-order valence-electron chi connectivity index (χ1n) is 9.06. The minimum Gasteiger partial charge on any atom is -0.490 e. The maximum atomic E-state index is 12.3. The van der Waals surface area contributed by atoms with E-state index >= 15 is 0 Å². The first-order chi connectivity index (χ1) is 14.5. The standard InChI is InChI=1S/C21H17BrN4O3S/c1-13-3-2-4-15(9-13)28-7-8-29-18-6-5-14(11-17(18)22)10-16-19(23)26-21(25-20(16)27)30-12-24-26/h2-6,9-12,23H,7-8H2,1H3/b16-10+,23-19?. The largest absolute Gasteiger partial charge is 0.490 e. The lowest BCUT2D eigenvalue weighted by atomic mass is 10.1. The summed E-state index contributed by atoms with van der Waals surface area (Å²) in [6.07, 6.45) is 1.62. The van der Waals surface area contributed by atoms with Crippen molar-refractivity contribution in [2.24, 2.45) is 10.1 Å². The van der Waals surface area contributed by atoms with Crippen molar-refractivity contribution < 1.29 is 14.3 Å². The number of benzene rings is 2. The molecule has 0 bridgehead atoms. The lowest BCUT2D eigenvalue weighted by Gasteiger charge is -2.20. The van der Waals surface area contributed by atoms with E-state index in [1.807, 2.05) is 43.3 Å². The first kappa shape index (κ1) is 20.4. The highest BCUT2D eigenvalue weighted by atomic mass is 79.9. The highest BCUT2D eigenvalue weighted by molar-refractivity contribution is 9.10. The van der Waals surface area contributed by atoms with Crippen LogP contribution >= 0.6 is 27.7 Å². The topological polar surface area (TPSA) is 87.3 Å². The molecule has 0 aromatic heterocycles. The molecule has 1 amide bonds. The van der Waals surface area contributed by atoms with E-state index in [-0.39, 0.29) is 11.4 Å². The lowest BCUT2D eigenvalue weighted by molar-refractivity contribution is -0.114. The average molecular weight is 485 g/mol. The molecule has 2 heterocycles. The predicted octanol–water partition coefficient (Wildman–Crippen LogP) is 4.46. The fourth-order valence-electron chi connectivity index (χ4n) is 2.84. The van der Waals surface area contributed by atoms with Crippen LogP contribution in [0, 0.1) is 12.3 Å². The van der Waals surface area contributed by atoms with Gasteiger partial charge in [0.15, 0.2) is 11.0 Å². The second-order valence-corrected chi connectivity index (χ2v) is 8.13. The van der Waals surface area contributed by atoms with Crippen molar-refractivity contribution in [1.29, 1.82) is 5.41 Å². The summed E-state index contributed by atoms with van der Waals surface area (Å²) < 4.78 is 12.2. The lowest BCUT2D eigenvalue weighted by Crippen LogP contribution is -2.35. The Kier molecular flexibility index (Phi) is 6.01. The zero-order valence-corrected chi connectivity index (χ0v) is 18.4. The summed E-state index contributed by atoms with van der Waals surface area (Å²) in [7, 11) is 0. The first-order valence-corrected chi connectivity index (χ1v) is 10.7. The van der Waals surface area contributed by atoms with Gasteiger partial charge >= 0.3 is 0 Å². The molecule has 2 aromatic carbocycles. The third-order valence-corrected chi connectivity index (χ3v) is 5.56. The van der Waals surface area contributed by atoms with Gasteiger partial charge in [0.25, 0.3) is 5.91 Å². The van der Waals surface area contributed by atoms with Gasteiger partial charge in [0.05, 0.1) is 15.6 Å². The normalized spacial score (nSPS) is 16.7. The maximum absolute atomic E-state index is 12.3. The van der Waals surface area contributed by atoms with Crippen LogP contribution in [0.2, 0.25) is 0 Å². The summed E-state index contributed by atoms with van der Waals surface area (Å²) in [4.78, 5) is 16.2. The molecule has 0 spiro atoms. The molecule has 152 valence electrons. The third-order valence-electron chi connectivity index (χ3n) is 4.26. The SMILES string of the molecule is Cc1cccc(OCCOc2ccc(/C=C3\C(=N)N4N=CSC4=NC3=O)cc2Br)c1. The van der Waals surface area contributed by atoms with Crippen LogP contribution in [-0.2, 0) is 4.79 Å². The molecule has 0 unspecified atom stereocenters. The molecule has 0 saturated heterocycles. The van der Waals surface area contributed by atoms with E-state index in [2.05, 4.69) is 26.0 Å². The van der Waals surface area contributed by atoms with E-state index in [0.29, 0.717) is 24.1 Å². The van der Waals surface area contributed by atoms with Crippen LogP contribution in [0.5, 0.6) is 11.5 Å². The summed E-state index contributed by atoms with van der Waals surface area (Å²) in [5, 5.41) is 14.0. The Balaban J connectivity index is 1.39.